The van der Waals surface area contributed by atoms with Crippen LogP contribution in [0.1, 0.15) is 6.92 Å². The summed E-state index contributed by atoms with van der Waals surface area (Å²) in [6, 6.07) is 7.82. The summed E-state index contributed by atoms with van der Waals surface area (Å²) < 4.78 is 6.63. The molecule has 0 fully saturated rings. The van der Waals surface area contributed by atoms with Crippen LogP contribution >= 0.6 is 23.4 Å². The lowest BCUT2D eigenvalue weighted by Gasteiger charge is -1.91. The second kappa shape index (κ2) is 3.98. The van der Waals surface area contributed by atoms with Gasteiger partial charge in [-0.15, -0.1) is 11.3 Å². The minimum Gasteiger partial charge on any atom is -0.384 e. The van der Waals surface area contributed by atoms with E-state index in [-0.39, 0.29) is 5.97 Å². The Hall–Kier alpha value is -1.07. The summed E-state index contributed by atoms with van der Waals surface area (Å²) in [6.07, 6.45) is 0. The summed E-state index contributed by atoms with van der Waals surface area (Å²) >= 11 is 2.53. The van der Waals surface area contributed by atoms with E-state index in [4.69, 9.17) is 4.18 Å². The van der Waals surface area contributed by atoms with Gasteiger partial charge in [0.25, 0.3) is 0 Å². The van der Waals surface area contributed by atoms with E-state index < -0.39 is 0 Å². The van der Waals surface area contributed by atoms with Crippen LogP contribution in [0.4, 0.5) is 0 Å². The molecule has 0 aliphatic carbocycles. The van der Waals surface area contributed by atoms with E-state index in [9.17, 15) is 4.79 Å². The number of hydrogen-bond acceptors (Lipinski definition) is 5. The Bertz CT molecular complexity index is 434. The van der Waals surface area contributed by atoms with E-state index in [1.54, 1.807) is 0 Å². The fourth-order valence-electron chi connectivity index (χ4n) is 0.981. The molecule has 0 amide bonds. The normalized spacial score (nSPS) is 10.4. The van der Waals surface area contributed by atoms with Crippen LogP contribution in [0, 0.1) is 0 Å². The first-order valence-corrected chi connectivity index (χ1v) is 5.52. The lowest BCUT2D eigenvalue weighted by atomic mass is 10.3. The van der Waals surface area contributed by atoms with Crippen LogP contribution in [0.2, 0.25) is 0 Å². The Morgan fingerprint density at radius 3 is 3.00 bits per heavy atom. The van der Waals surface area contributed by atoms with E-state index in [0.717, 1.165) is 26.6 Å². The van der Waals surface area contributed by atoms with Gasteiger partial charge in [0.05, 0.1) is 10.2 Å². The van der Waals surface area contributed by atoms with E-state index in [2.05, 4.69) is 4.98 Å². The Morgan fingerprint density at radius 2 is 2.29 bits per heavy atom. The van der Waals surface area contributed by atoms with Crippen molar-refractivity contribution in [3.8, 4) is 0 Å². The first-order valence-electron chi connectivity index (χ1n) is 3.96. The number of benzene rings is 1. The number of carbonyl (C=O) groups is 1. The van der Waals surface area contributed by atoms with Crippen molar-refractivity contribution in [3.63, 3.8) is 0 Å². The van der Waals surface area contributed by atoms with E-state index in [0.29, 0.717) is 0 Å². The molecule has 3 nitrogen and oxygen atoms in total. The summed E-state index contributed by atoms with van der Waals surface area (Å²) in [5, 5.41) is 0. The van der Waals surface area contributed by atoms with Gasteiger partial charge in [-0.05, 0) is 12.1 Å². The van der Waals surface area contributed by atoms with Gasteiger partial charge in [-0.1, -0.05) is 12.1 Å². The lowest BCUT2D eigenvalue weighted by molar-refractivity contribution is -0.130. The fraction of sp³-hybridized carbons (Fsp3) is 0.111. The molecule has 0 spiro atoms. The zero-order chi connectivity index (χ0) is 9.97. The molecule has 0 radical (unpaired) electrons. The summed E-state index contributed by atoms with van der Waals surface area (Å²) in [5.74, 6) is -0.311. The molecule has 2 rings (SSSR count). The van der Waals surface area contributed by atoms with Crippen LogP contribution in [-0.4, -0.2) is 11.0 Å². The van der Waals surface area contributed by atoms with Crippen molar-refractivity contribution in [2.45, 2.75) is 11.3 Å². The monoisotopic (exact) mass is 225 g/mol. The van der Waals surface area contributed by atoms with Gasteiger partial charge in [0.2, 0.25) is 0 Å². The smallest absolute Gasteiger partial charge is 0.315 e. The van der Waals surface area contributed by atoms with E-state index in [1.807, 2.05) is 24.3 Å². The van der Waals surface area contributed by atoms with Crippen molar-refractivity contribution in [2.75, 3.05) is 0 Å². The number of aromatic nitrogens is 1. The van der Waals surface area contributed by atoms with E-state index >= 15 is 0 Å². The molecular formula is C9H7NO2S2. The van der Waals surface area contributed by atoms with Crippen molar-refractivity contribution in [2.24, 2.45) is 0 Å². The van der Waals surface area contributed by atoms with Crippen molar-refractivity contribution in [1.82, 2.24) is 4.98 Å². The number of para-hydroxylation sites is 1. The summed E-state index contributed by atoms with van der Waals surface area (Å²) in [7, 11) is 0. The molecule has 0 aliphatic heterocycles. The first kappa shape index (κ1) is 9.48. The fourth-order valence-corrected chi connectivity index (χ4v) is 2.51. The SMILES string of the molecule is CC(=O)OSc1nc2ccccc2s1. The van der Waals surface area contributed by atoms with Crippen LogP contribution in [0.25, 0.3) is 10.2 Å². The zero-order valence-corrected chi connectivity index (χ0v) is 9.02. The molecule has 0 N–H and O–H groups in total. The highest BCUT2D eigenvalue weighted by Crippen LogP contribution is 2.29. The molecule has 0 unspecified atom stereocenters. The first-order chi connectivity index (χ1) is 6.75. The Morgan fingerprint density at radius 1 is 1.50 bits per heavy atom. The molecule has 0 atom stereocenters. The van der Waals surface area contributed by atoms with Gasteiger partial charge in [0.15, 0.2) is 4.34 Å². The zero-order valence-electron chi connectivity index (χ0n) is 7.39. The Kier molecular flexibility index (Phi) is 2.69. The van der Waals surface area contributed by atoms with Gasteiger partial charge in [0, 0.05) is 6.92 Å². The summed E-state index contributed by atoms with van der Waals surface area (Å²) in [5.41, 5.74) is 0.937. The van der Waals surface area contributed by atoms with Crippen molar-refractivity contribution < 1.29 is 8.98 Å². The molecule has 1 heterocycles. The van der Waals surface area contributed by atoms with Crippen LogP contribution in [-0.2, 0) is 8.98 Å². The molecule has 0 bridgehead atoms. The number of carbonyl (C=O) groups excluding carboxylic acids is 1. The van der Waals surface area contributed by atoms with Crippen LogP contribution < -0.4 is 0 Å². The highest BCUT2D eigenvalue weighted by atomic mass is 32.2. The second-order valence-electron chi connectivity index (χ2n) is 2.61. The summed E-state index contributed by atoms with van der Waals surface area (Å²) in [4.78, 5) is 14.9. The number of rotatable bonds is 2. The third-order valence-corrected chi connectivity index (χ3v) is 3.34. The number of nitrogens with zero attached hydrogens (tertiary/aromatic N) is 1. The average Bonchev–Trinajstić information content (AvgIpc) is 2.57. The minimum absolute atomic E-state index is 0.311. The quantitative estimate of drug-likeness (QED) is 0.737. The van der Waals surface area contributed by atoms with Gasteiger partial charge < -0.3 is 4.18 Å². The predicted molar refractivity (Wildman–Crippen MR) is 57.2 cm³/mol. The number of thiazole rings is 1. The Balaban J connectivity index is 2.22. The molecule has 14 heavy (non-hydrogen) atoms. The van der Waals surface area contributed by atoms with Crippen molar-refractivity contribution in [1.29, 1.82) is 0 Å². The highest BCUT2D eigenvalue weighted by molar-refractivity contribution is 7.97. The maximum atomic E-state index is 10.6. The lowest BCUT2D eigenvalue weighted by Crippen LogP contribution is -1.88. The van der Waals surface area contributed by atoms with Crippen LogP contribution in [0.15, 0.2) is 28.6 Å². The molecule has 1 aromatic heterocycles. The Labute approximate surface area is 89.3 Å². The highest BCUT2D eigenvalue weighted by Gasteiger charge is 2.05. The molecule has 0 aliphatic rings. The van der Waals surface area contributed by atoms with Crippen LogP contribution in [0.5, 0.6) is 0 Å². The predicted octanol–water partition coefficient (Wildman–Crippen LogP) is 2.87. The van der Waals surface area contributed by atoms with Gasteiger partial charge in [-0.25, -0.2) is 4.98 Å². The average molecular weight is 225 g/mol. The maximum Gasteiger partial charge on any atom is 0.315 e. The second-order valence-corrected chi connectivity index (χ2v) is 4.61. The van der Waals surface area contributed by atoms with Gasteiger partial charge in [-0.3, -0.25) is 4.79 Å². The topological polar surface area (TPSA) is 39.2 Å². The van der Waals surface area contributed by atoms with Crippen molar-refractivity contribution >= 4 is 39.6 Å². The van der Waals surface area contributed by atoms with Crippen LogP contribution in [0.3, 0.4) is 0 Å². The molecule has 72 valence electrons. The third-order valence-electron chi connectivity index (χ3n) is 1.50. The molecule has 0 saturated carbocycles. The van der Waals surface area contributed by atoms with Gasteiger partial charge in [-0.2, -0.15) is 0 Å². The minimum atomic E-state index is -0.311. The largest absolute Gasteiger partial charge is 0.384 e. The molecule has 2 aromatic rings. The molecule has 1 aromatic carbocycles. The molecule has 5 heteroatoms. The standard InChI is InChI=1S/C9H7NO2S2/c1-6(11)12-14-9-10-7-4-2-3-5-8(7)13-9/h2-5H,1H3. The third kappa shape index (κ3) is 2.05. The molecule has 0 saturated heterocycles. The van der Waals surface area contributed by atoms with Gasteiger partial charge in [0.1, 0.15) is 12.0 Å². The number of fused-ring (bicyclic) bond motifs is 1. The number of hydrogen-bond donors (Lipinski definition) is 0. The molecular weight excluding hydrogens is 218 g/mol. The van der Waals surface area contributed by atoms with Crippen molar-refractivity contribution in [3.05, 3.63) is 24.3 Å². The van der Waals surface area contributed by atoms with Gasteiger partial charge >= 0.3 is 5.97 Å². The summed E-state index contributed by atoms with van der Waals surface area (Å²) in [6.45, 7) is 1.38. The van der Waals surface area contributed by atoms with E-state index in [1.165, 1.54) is 18.3 Å². The maximum absolute atomic E-state index is 10.6.